The third kappa shape index (κ3) is 3.95. The van der Waals surface area contributed by atoms with Gasteiger partial charge in [0.2, 0.25) is 5.91 Å². The minimum absolute atomic E-state index is 0.257. The number of ether oxygens (including phenoxy) is 1. The number of amides is 2. The summed E-state index contributed by atoms with van der Waals surface area (Å²) in [5, 5.41) is 6.56. The molecule has 0 saturated heterocycles. The lowest BCUT2D eigenvalue weighted by Gasteiger charge is -2.10. The standard InChI is InChI=1S/C18H16ClN3O3S/c1-10(17(23)20-2)22-18(24)15-7-13-14(8-21-9-16(13)26-15)25-12-5-3-11(19)4-6-12/h3-10H,1-2H3,(H,20,23)(H,22,24). The van der Waals surface area contributed by atoms with Crippen molar-refractivity contribution in [3.63, 3.8) is 0 Å². The van der Waals surface area contributed by atoms with Gasteiger partial charge in [0.25, 0.3) is 5.91 Å². The van der Waals surface area contributed by atoms with Crippen molar-refractivity contribution in [2.45, 2.75) is 13.0 Å². The van der Waals surface area contributed by atoms with Crippen LogP contribution in [-0.2, 0) is 4.79 Å². The molecule has 1 atom stereocenters. The molecule has 1 unspecified atom stereocenters. The van der Waals surface area contributed by atoms with Crippen molar-refractivity contribution in [1.82, 2.24) is 15.6 Å². The zero-order chi connectivity index (χ0) is 18.7. The molecule has 0 radical (unpaired) electrons. The zero-order valence-electron chi connectivity index (χ0n) is 14.1. The van der Waals surface area contributed by atoms with Crippen molar-refractivity contribution in [2.24, 2.45) is 0 Å². The van der Waals surface area contributed by atoms with Crippen LogP contribution in [0.5, 0.6) is 11.5 Å². The molecule has 0 aliphatic rings. The number of benzene rings is 1. The van der Waals surface area contributed by atoms with E-state index in [2.05, 4.69) is 15.6 Å². The van der Waals surface area contributed by atoms with Gasteiger partial charge in [0.15, 0.2) is 5.75 Å². The normalized spacial score (nSPS) is 11.8. The van der Waals surface area contributed by atoms with E-state index in [1.54, 1.807) is 49.6 Å². The van der Waals surface area contributed by atoms with Crippen LogP contribution in [0, 0.1) is 0 Å². The SMILES string of the molecule is CNC(=O)C(C)NC(=O)c1cc2c(Oc3ccc(Cl)cc3)cncc2s1. The Bertz CT molecular complexity index is 956. The van der Waals surface area contributed by atoms with Gasteiger partial charge in [-0.2, -0.15) is 0 Å². The smallest absolute Gasteiger partial charge is 0.262 e. The van der Waals surface area contributed by atoms with Crippen LogP contribution >= 0.6 is 22.9 Å². The van der Waals surface area contributed by atoms with Gasteiger partial charge in [0.1, 0.15) is 11.8 Å². The van der Waals surface area contributed by atoms with Crippen LogP contribution in [0.2, 0.25) is 5.02 Å². The first-order valence-corrected chi connectivity index (χ1v) is 9.01. The van der Waals surface area contributed by atoms with Gasteiger partial charge in [-0.25, -0.2) is 0 Å². The molecule has 2 N–H and O–H groups in total. The van der Waals surface area contributed by atoms with Gasteiger partial charge < -0.3 is 15.4 Å². The van der Waals surface area contributed by atoms with E-state index in [-0.39, 0.29) is 11.8 Å². The first kappa shape index (κ1) is 18.2. The highest BCUT2D eigenvalue weighted by Crippen LogP contribution is 2.34. The topological polar surface area (TPSA) is 80.3 Å². The van der Waals surface area contributed by atoms with Crippen LogP contribution in [0.3, 0.4) is 0 Å². The molecule has 6 nitrogen and oxygen atoms in total. The van der Waals surface area contributed by atoms with Gasteiger partial charge in [0, 0.05) is 23.7 Å². The monoisotopic (exact) mass is 389 g/mol. The Balaban J connectivity index is 1.85. The Labute approximate surface area is 159 Å². The van der Waals surface area contributed by atoms with E-state index in [9.17, 15) is 9.59 Å². The first-order chi connectivity index (χ1) is 12.5. The highest BCUT2D eigenvalue weighted by molar-refractivity contribution is 7.20. The van der Waals surface area contributed by atoms with Crippen molar-refractivity contribution < 1.29 is 14.3 Å². The van der Waals surface area contributed by atoms with Crippen LogP contribution < -0.4 is 15.4 Å². The Morgan fingerprint density at radius 2 is 1.96 bits per heavy atom. The summed E-state index contributed by atoms with van der Waals surface area (Å²) in [7, 11) is 1.52. The van der Waals surface area contributed by atoms with Crippen LogP contribution in [0.1, 0.15) is 16.6 Å². The molecule has 2 heterocycles. The van der Waals surface area contributed by atoms with Crippen molar-refractivity contribution in [3.8, 4) is 11.5 Å². The molecule has 0 aliphatic heterocycles. The Morgan fingerprint density at radius 1 is 1.23 bits per heavy atom. The molecular formula is C18H16ClN3O3S. The summed E-state index contributed by atoms with van der Waals surface area (Å²) in [4.78, 5) is 28.6. The number of nitrogens with one attached hydrogen (secondary N) is 2. The number of pyridine rings is 1. The minimum Gasteiger partial charge on any atom is -0.455 e. The molecule has 3 rings (SSSR count). The fourth-order valence-corrected chi connectivity index (χ4v) is 3.38. The van der Waals surface area contributed by atoms with Crippen LogP contribution in [0.25, 0.3) is 10.1 Å². The quantitative estimate of drug-likeness (QED) is 0.698. The fraction of sp³-hybridized carbons (Fsp3) is 0.167. The van der Waals surface area contributed by atoms with Crippen molar-refractivity contribution in [1.29, 1.82) is 0 Å². The Kier molecular flexibility index (Phi) is 5.39. The lowest BCUT2D eigenvalue weighted by molar-refractivity contribution is -0.122. The molecule has 2 aromatic heterocycles. The third-order valence-corrected chi connectivity index (χ3v) is 4.98. The second kappa shape index (κ2) is 7.72. The summed E-state index contributed by atoms with van der Waals surface area (Å²) in [5.41, 5.74) is 0. The summed E-state index contributed by atoms with van der Waals surface area (Å²) >= 11 is 7.17. The molecule has 1 aromatic carbocycles. The van der Waals surface area contributed by atoms with Crippen LogP contribution in [0.4, 0.5) is 0 Å². The predicted octanol–water partition coefficient (Wildman–Crippen LogP) is 3.61. The highest BCUT2D eigenvalue weighted by atomic mass is 35.5. The van der Waals surface area contributed by atoms with Crippen molar-refractivity contribution in [2.75, 3.05) is 7.05 Å². The number of aromatic nitrogens is 1. The largest absolute Gasteiger partial charge is 0.455 e. The van der Waals surface area contributed by atoms with E-state index in [4.69, 9.17) is 16.3 Å². The number of fused-ring (bicyclic) bond motifs is 1. The molecule has 0 aliphatic carbocycles. The number of rotatable bonds is 5. The maximum atomic E-state index is 12.4. The predicted molar refractivity (Wildman–Crippen MR) is 102 cm³/mol. The minimum atomic E-state index is -0.624. The molecule has 134 valence electrons. The van der Waals surface area contributed by atoms with Gasteiger partial charge in [-0.3, -0.25) is 14.6 Å². The second-order valence-electron chi connectivity index (χ2n) is 5.53. The lowest BCUT2D eigenvalue weighted by atomic mass is 10.2. The molecule has 3 aromatic rings. The van der Waals surface area contributed by atoms with E-state index < -0.39 is 6.04 Å². The molecule has 8 heteroatoms. The van der Waals surface area contributed by atoms with E-state index in [1.165, 1.54) is 18.4 Å². The number of carbonyl (C=O) groups is 2. The molecule has 0 fully saturated rings. The number of hydrogen-bond acceptors (Lipinski definition) is 5. The zero-order valence-corrected chi connectivity index (χ0v) is 15.6. The number of nitrogens with zero attached hydrogens (tertiary/aromatic N) is 1. The van der Waals surface area contributed by atoms with E-state index in [0.717, 1.165) is 10.1 Å². The summed E-state index contributed by atoms with van der Waals surface area (Å²) in [6, 6.07) is 8.09. The summed E-state index contributed by atoms with van der Waals surface area (Å²) in [6.07, 6.45) is 3.27. The van der Waals surface area contributed by atoms with E-state index in [0.29, 0.717) is 21.4 Å². The highest BCUT2D eigenvalue weighted by Gasteiger charge is 2.18. The average molecular weight is 390 g/mol. The first-order valence-electron chi connectivity index (χ1n) is 7.81. The number of hydrogen-bond donors (Lipinski definition) is 2. The van der Waals surface area contributed by atoms with Gasteiger partial charge in [-0.05, 0) is 37.3 Å². The Hall–Kier alpha value is -2.64. The van der Waals surface area contributed by atoms with E-state index >= 15 is 0 Å². The molecule has 26 heavy (non-hydrogen) atoms. The third-order valence-electron chi connectivity index (χ3n) is 3.66. The fourth-order valence-electron chi connectivity index (χ4n) is 2.31. The molecule has 2 amide bonds. The maximum absolute atomic E-state index is 12.4. The van der Waals surface area contributed by atoms with Gasteiger partial charge >= 0.3 is 0 Å². The molecule has 0 saturated carbocycles. The number of carbonyl (C=O) groups excluding carboxylic acids is 2. The number of halogens is 1. The van der Waals surface area contributed by atoms with Gasteiger partial charge in [0.05, 0.1) is 15.8 Å². The summed E-state index contributed by atoms with van der Waals surface area (Å²) in [6.45, 7) is 1.63. The van der Waals surface area contributed by atoms with Gasteiger partial charge in [-0.15, -0.1) is 11.3 Å². The summed E-state index contributed by atoms with van der Waals surface area (Å²) < 4.78 is 6.68. The van der Waals surface area contributed by atoms with E-state index in [1.807, 2.05) is 0 Å². The second-order valence-corrected chi connectivity index (χ2v) is 7.05. The number of likely N-dealkylation sites (N-methyl/N-ethyl adjacent to an activating group) is 1. The maximum Gasteiger partial charge on any atom is 0.262 e. The lowest BCUT2D eigenvalue weighted by Crippen LogP contribution is -2.43. The Morgan fingerprint density at radius 3 is 2.65 bits per heavy atom. The molecule has 0 spiro atoms. The van der Waals surface area contributed by atoms with Crippen molar-refractivity contribution >= 4 is 44.8 Å². The average Bonchev–Trinajstić information content (AvgIpc) is 3.08. The molecule has 0 bridgehead atoms. The van der Waals surface area contributed by atoms with Crippen LogP contribution in [0.15, 0.2) is 42.7 Å². The molecular weight excluding hydrogens is 374 g/mol. The number of thiophene rings is 1. The van der Waals surface area contributed by atoms with Crippen molar-refractivity contribution in [3.05, 3.63) is 52.6 Å². The summed E-state index contributed by atoms with van der Waals surface area (Å²) in [5.74, 6) is 0.584. The van der Waals surface area contributed by atoms with Gasteiger partial charge in [-0.1, -0.05) is 11.6 Å². The van der Waals surface area contributed by atoms with Crippen LogP contribution in [-0.4, -0.2) is 29.9 Å².